The van der Waals surface area contributed by atoms with Crippen LogP contribution >= 0.6 is 11.8 Å². The molecule has 0 N–H and O–H groups in total. The van der Waals surface area contributed by atoms with Crippen molar-refractivity contribution < 1.29 is 9.53 Å². The van der Waals surface area contributed by atoms with Crippen molar-refractivity contribution in [3.63, 3.8) is 0 Å². The maximum absolute atomic E-state index is 10.7. The van der Waals surface area contributed by atoms with E-state index in [0.717, 1.165) is 5.75 Å². The van der Waals surface area contributed by atoms with Gasteiger partial charge < -0.3 is 4.74 Å². The second kappa shape index (κ2) is 5.25. The van der Waals surface area contributed by atoms with E-state index in [4.69, 9.17) is 0 Å². The number of thioether (sulfide) groups is 1. The SMILES string of the molecule is COC(=O)/C=C\C1CCCSC1. The lowest BCUT2D eigenvalue weighted by Crippen LogP contribution is -2.08. The van der Waals surface area contributed by atoms with Crippen LogP contribution in [0.5, 0.6) is 0 Å². The Hall–Kier alpha value is -0.440. The molecule has 0 spiro atoms. The number of hydrogen-bond acceptors (Lipinski definition) is 3. The number of esters is 1. The van der Waals surface area contributed by atoms with E-state index in [-0.39, 0.29) is 5.97 Å². The maximum atomic E-state index is 10.7. The van der Waals surface area contributed by atoms with Gasteiger partial charge in [-0.05, 0) is 30.3 Å². The summed E-state index contributed by atoms with van der Waals surface area (Å²) >= 11 is 1.96. The molecule has 1 rings (SSSR count). The van der Waals surface area contributed by atoms with E-state index < -0.39 is 0 Å². The van der Waals surface area contributed by atoms with E-state index in [1.807, 2.05) is 17.8 Å². The second-order valence-electron chi connectivity index (χ2n) is 2.86. The van der Waals surface area contributed by atoms with Crippen LogP contribution in [0.3, 0.4) is 0 Å². The van der Waals surface area contributed by atoms with E-state index in [0.29, 0.717) is 5.92 Å². The molecule has 0 aliphatic carbocycles. The van der Waals surface area contributed by atoms with Crippen molar-refractivity contribution in [1.82, 2.24) is 0 Å². The lowest BCUT2D eigenvalue weighted by Gasteiger charge is -2.17. The number of ether oxygens (including phenoxy) is 1. The minimum Gasteiger partial charge on any atom is -0.466 e. The molecule has 0 aromatic carbocycles. The molecule has 1 unspecified atom stereocenters. The van der Waals surface area contributed by atoms with Crippen molar-refractivity contribution in [2.24, 2.45) is 5.92 Å². The first kappa shape index (κ1) is 9.65. The van der Waals surface area contributed by atoms with Crippen LogP contribution in [0.2, 0.25) is 0 Å². The zero-order valence-electron chi connectivity index (χ0n) is 7.29. The van der Waals surface area contributed by atoms with Gasteiger partial charge in [-0.15, -0.1) is 0 Å². The van der Waals surface area contributed by atoms with Crippen molar-refractivity contribution in [3.8, 4) is 0 Å². The Kier molecular flexibility index (Phi) is 4.22. The standard InChI is InChI=1S/C9H14O2S/c1-11-9(10)5-4-8-3-2-6-12-7-8/h4-5,8H,2-3,6-7H2,1H3/b5-4-. The second-order valence-corrected chi connectivity index (χ2v) is 4.01. The van der Waals surface area contributed by atoms with Crippen LogP contribution in [-0.2, 0) is 9.53 Å². The first-order valence-corrected chi connectivity index (χ1v) is 5.32. The van der Waals surface area contributed by atoms with E-state index in [1.54, 1.807) is 0 Å². The fourth-order valence-electron chi connectivity index (χ4n) is 1.20. The molecular weight excluding hydrogens is 172 g/mol. The van der Waals surface area contributed by atoms with E-state index in [9.17, 15) is 4.79 Å². The van der Waals surface area contributed by atoms with Crippen LogP contribution < -0.4 is 0 Å². The zero-order valence-corrected chi connectivity index (χ0v) is 8.10. The Morgan fingerprint density at radius 2 is 2.50 bits per heavy atom. The minimum absolute atomic E-state index is 0.245. The molecule has 1 fully saturated rings. The summed E-state index contributed by atoms with van der Waals surface area (Å²) in [6.07, 6.45) is 5.98. The number of allylic oxidation sites excluding steroid dienone is 1. The molecule has 0 bridgehead atoms. The van der Waals surface area contributed by atoms with Gasteiger partial charge in [-0.2, -0.15) is 11.8 Å². The molecule has 1 aliphatic heterocycles. The summed E-state index contributed by atoms with van der Waals surface area (Å²) in [5.74, 6) is 2.74. The molecule has 3 heteroatoms. The molecule has 68 valence electrons. The third kappa shape index (κ3) is 3.30. The molecule has 1 aliphatic rings. The van der Waals surface area contributed by atoms with Gasteiger partial charge in [0.2, 0.25) is 0 Å². The van der Waals surface area contributed by atoms with Crippen molar-refractivity contribution in [1.29, 1.82) is 0 Å². The highest BCUT2D eigenvalue weighted by Crippen LogP contribution is 2.23. The average Bonchev–Trinajstić information content (AvgIpc) is 2.16. The van der Waals surface area contributed by atoms with Gasteiger partial charge in [0.05, 0.1) is 7.11 Å². The quantitative estimate of drug-likeness (QED) is 0.486. The molecule has 1 heterocycles. The lowest BCUT2D eigenvalue weighted by atomic mass is 10.1. The van der Waals surface area contributed by atoms with Gasteiger partial charge in [-0.1, -0.05) is 6.08 Å². The minimum atomic E-state index is -0.245. The van der Waals surface area contributed by atoms with Crippen LogP contribution in [-0.4, -0.2) is 24.6 Å². The third-order valence-corrected chi connectivity index (χ3v) is 3.14. The first-order valence-electron chi connectivity index (χ1n) is 4.17. The van der Waals surface area contributed by atoms with Crippen LogP contribution in [0.25, 0.3) is 0 Å². The summed E-state index contributed by atoms with van der Waals surface area (Å²) in [6, 6.07) is 0. The molecule has 2 nitrogen and oxygen atoms in total. The van der Waals surface area contributed by atoms with Gasteiger partial charge in [0.1, 0.15) is 0 Å². The highest BCUT2D eigenvalue weighted by Gasteiger charge is 2.10. The number of carbonyl (C=O) groups is 1. The van der Waals surface area contributed by atoms with Crippen molar-refractivity contribution >= 4 is 17.7 Å². The Balaban J connectivity index is 2.28. The summed E-state index contributed by atoms with van der Waals surface area (Å²) in [5.41, 5.74) is 0. The number of carbonyl (C=O) groups excluding carboxylic acids is 1. The van der Waals surface area contributed by atoms with E-state index in [2.05, 4.69) is 4.74 Å². The molecular formula is C9H14O2S. The lowest BCUT2D eigenvalue weighted by molar-refractivity contribution is -0.134. The topological polar surface area (TPSA) is 26.3 Å². The highest BCUT2D eigenvalue weighted by atomic mass is 32.2. The number of rotatable bonds is 2. The van der Waals surface area contributed by atoms with E-state index >= 15 is 0 Å². The van der Waals surface area contributed by atoms with Crippen LogP contribution in [0.1, 0.15) is 12.8 Å². The summed E-state index contributed by atoms with van der Waals surface area (Å²) in [5, 5.41) is 0. The number of hydrogen-bond donors (Lipinski definition) is 0. The zero-order chi connectivity index (χ0) is 8.81. The van der Waals surface area contributed by atoms with Crippen LogP contribution in [0.4, 0.5) is 0 Å². The summed E-state index contributed by atoms with van der Waals surface area (Å²) in [7, 11) is 1.41. The predicted molar refractivity (Wildman–Crippen MR) is 51.2 cm³/mol. The summed E-state index contributed by atoms with van der Waals surface area (Å²) < 4.78 is 4.51. The summed E-state index contributed by atoms with van der Waals surface area (Å²) in [6.45, 7) is 0. The van der Waals surface area contributed by atoms with Gasteiger partial charge in [0.25, 0.3) is 0 Å². The van der Waals surface area contributed by atoms with Gasteiger partial charge in [0, 0.05) is 6.08 Å². The number of methoxy groups -OCH3 is 1. The van der Waals surface area contributed by atoms with Gasteiger partial charge in [-0.3, -0.25) is 0 Å². The highest BCUT2D eigenvalue weighted by molar-refractivity contribution is 7.99. The smallest absolute Gasteiger partial charge is 0.330 e. The van der Waals surface area contributed by atoms with Crippen LogP contribution in [0, 0.1) is 5.92 Å². The van der Waals surface area contributed by atoms with Gasteiger partial charge in [0.15, 0.2) is 0 Å². The van der Waals surface area contributed by atoms with Crippen LogP contribution in [0.15, 0.2) is 12.2 Å². The van der Waals surface area contributed by atoms with Crippen molar-refractivity contribution in [3.05, 3.63) is 12.2 Å². The molecule has 1 saturated heterocycles. The van der Waals surface area contributed by atoms with Crippen molar-refractivity contribution in [2.75, 3.05) is 18.6 Å². The van der Waals surface area contributed by atoms with E-state index in [1.165, 1.54) is 31.8 Å². The fraction of sp³-hybridized carbons (Fsp3) is 0.667. The molecule has 0 aromatic heterocycles. The Labute approximate surface area is 77.4 Å². The van der Waals surface area contributed by atoms with Gasteiger partial charge >= 0.3 is 5.97 Å². The third-order valence-electron chi connectivity index (χ3n) is 1.90. The largest absolute Gasteiger partial charge is 0.466 e. The molecule has 12 heavy (non-hydrogen) atoms. The Morgan fingerprint density at radius 3 is 3.08 bits per heavy atom. The average molecular weight is 186 g/mol. The fourth-order valence-corrected chi connectivity index (χ4v) is 2.32. The summed E-state index contributed by atoms with van der Waals surface area (Å²) in [4.78, 5) is 10.7. The Morgan fingerprint density at radius 1 is 1.67 bits per heavy atom. The normalized spacial score (nSPS) is 24.2. The Bertz CT molecular complexity index is 171. The molecule has 0 radical (unpaired) electrons. The molecule has 0 aromatic rings. The maximum Gasteiger partial charge on any atom is 0.330 e. The molecule has 0 amide bonds. The predicted octanol–water partition coefficient (Wildman–Crippen LogP) is 1.86. The van der Waals surface area contributed by atoms with Gasteiger partial charge in [-0.25, -0.2) is 4.79 Å². The molecule has 0 saturated carbocycles. The molecule has 1 atom stereocenters. The first-order chi connectivity index (χ1) is 5.83. The van der Waals surface area contributed by atoms with Crippen molar-refractivity contribution in [2.45, 2.75) is 12.8 Å². The monoisotopic (exact) mass is 186 g/mol.